The van der Waals surface area contributed by atoms with Crippen molar-refractivity contribution in [1.29, 1.82) is 0 Å². The smallest absolute Gasteiger partial charge is 0.328 e. The summed E-state index contributed by atoms with van der Waals surface area (Å²) < 4.78 is 7.16. The Morgan fingerprint density at radius 3 is 2.93 bits per heavy atom. The van der Waals surface area contributed by atoms with Crippen LogP contribution in [0.4, 0.5) is 5.82 Å². The van der Waals surface area contributed by atoms with Crippen LogP contribution in [0.1, 0.15) is 12.8 Å². The summed E-state index contributed by atoms with van der Waals surface area (Å²) in [7, 11) is 3.74. The lowest BCUT2D eigenvalue weighted by molar-refractivity contribution is -0.130. The molecule has 10 nitrogen and oxygen atoms in total. The predicted molar refractivity (Wildman–Crippen MR) is 97.9 cm³/mol. The molecule has 1 N–H and O–H groups in total. The summed E-state index contributed by atoms with van der Waals surface area (Å²) in [5, 5.41) is 0. The Hall–Kier alpha value is -3.17. The third-order valence-electron chi connectivity index (χ3n) is 4.31. The van der Waals surface area contributed by atoms with E-state index in [0.29, 0.717) is 31.2 Å². The number of nitrogens with zero attached hydrogens (tertiary/aromatic N) is 5. The molecule has 1 aliphatic heterocycles. The number of aryl methyl sites for hydroxylation is 1. The van der Waals surface area contributed by atoms with Gasteiger partial charge in [-0.1, -0.05) is 0 Å². The minimum absolute atomic E-state index is 0.0627. The number of rotatable bonds is 6. The summed E-state index contributed by atoms with van der Waals surface area (Å²) in [5.41, 5.74) is -0.971. The van der Waals surface area contributed by atoms with Crippen molar-refractivity contribution >= 4 is 11.7 Å². The number of ether oxygens (including phenoxy) is 1. The Labute approximate surface area is 155 Å². The van der Waals surface area contributed by atoms with Gasteiger partial charge >= 0.3 is 5.69 Å². The van der Waals surface area contributed by atoms with Crippen molar-refractivity contribution in [2.45, 2.75) is 25.5 Å². The van der Waals surface area contributed by atoms with E-state index in [0.717, 1.165) is 0 Å². The van der Waals surface area contributed by atoms with E-state index in [9.17, 15) is 14.4 Å². The second-order valence-corrected chi connectivity index (χ2v) is 6.53. The zero-order valence-electron chi connectivity index (χ0n) is 15.3. The van der Waals surface area contributed by atoms with Gasteiger partial charge in [-0.05, 0) is 0 Å². The van der Waals surface area contributed by atoms with Crippen molar-refractivity contribution in [3.63, 3.8) is 0 Å². The molecule has 0 spiro atoms. The largest absolute Gasteiger partial charge is 0.471 e. The third-order valence-corrected chi connectivity index (χ3v) is 4.31. The summed E-state index contributed by atoms with van der Waals surface area (Å²) in [6.45, 7) is 1.27. The van der Waals surface area contributed by atoms with Crippen molar-refractivity contribution < 1.29 is 9.53 Å². The lowest BCUT2D eigenvalue weighted by Crippen LogP contribution is -2.34. The molecule has 2 aromatic heterocycles. The van der Waals surface area contributed by atoms with Crippen molar-refractivity contribution in [3.05, 3.63) is 45.5 Å². The molecular weight excluding hydrogens is 352 g/mol. The molecule has 1 amide bonds. The average molecular weight is 374 g/mol. The van der Waals surface area contributed by atoms with Gasteiger partial charge in [-0.3, -0.25) is 19.6 Å². The number of likely N-dealkylation sites (tertiary alicyclic amines) is 1. The number of aromatic nitrogens is 4. The van der Waals surface area contributed by atoms with Gasteiger partial charge in [-0.15, -0.1) is 0 Å². The molecule has 0 aromatic carbocycles. The van der Waals surface area contributed by atoms with Crippen LogP contribution in [0.25, 0.3) is 0 Å². The Morgan fingerprint density at radius 1 is 1.37 bits per heavy atom. The van der Waals surface area contributed by atoms with Crippen LogP contribution in [0, 0.1) is 0 Å². The maximum absolute atomic E-state index is 12.4. The Kier molecular flexibility index (Phi) is 5.53. The number of hydrogen-bond acceptors (Lipinski definition) is 7. The molecule has 3 heterocycles. The fourth-order valence-corrected chi connectivity index (χ4v) is 2.83. The molecule has 2 aromatic rings. The van der Waals surface area contributed by atoms with Crippen LogP contribution in [0.5, 0.6) is 5.88 Å². The number of anilines is 1. The van der Waals surface area contributed by atoms with Gasteiger partial charge in [0.1, 0.15) is 6.10 Å². The van der Waals surface area contributed by atoms with Crippen molar-refractivity contribution in [3.8, 4) is 5.88 Å². The lowest BCUT2D eigenvalue weighted by atomic mass is 10.3. The van der Waals surface area contributed by atoms with Gasteiger partial charge in [0.25, 0.3) is 5.56 Å². The lowest BCUT2D eigenvalue weighted by Gasteiger charge is -2.18. The molecule has 144 valence electrons. The molecule has 1 saturated heterocycles. The fraction of sp³-hybridized carbons (Fsp3) is 0.471. The number of hydrogen-bond donors (Lipinski definition) is 1. The molecule has 1 atom stereocenters. The number of carbonyl (C=O) groups excluding carboxylic acids is 1. The van der Waals surface area contributed by atoms with E-state index in [4.69, 9.17) is 4.74 Å². The summed E-state index contributed by atoms with van der Waals surface area (Å²) >= 11 is 0. The maximum atomic E-state index is 12.4. The monoisotopic (exact) mass is 374 g/mol. The normalized spacial score (nSPS) is 16.4. The number of amides is 1. The zero-order chi connectivity index (χ0) is 19.4. The molecule has 27 heavy (non-hydrogen) atoms. The second-order valence-electron chi connectivity index (χ2n) is 6.53. The van der Waals surface area contributed by atoms with E-state index in [2.05, 4.69) is 15.0 Å². The molecule has 0 bridgehead atoms. The Bertz CT molecular complexity index is 922. The molecule has 0 saturated carbocycles. The van der Waals surface area contributed by atoms with Gasteiger partial charge in [-0.25, -0.2) is 4.79 Å². The van der Waals surface area contributed by atoms with E-state index in [1.165, 1.54) is 16.8 Å². The van der Waals surface area contributed by atoms with Crippen LogP contribution in [-0.4, -0.2) is 63.6 Å². The second kappa shape index (κ2) is 8.02. The highest BCUT2D eigenvalue weighted by Crippen LogP contribution is 2.18. The summed E-state index contributed by atoms with van der Waals surface area (Å²) in [5.74, 6) is 1.07. The van der Waals surface area contributed by atoms with Crippen LogP contribution in [0.2, 0.25) is 0 Å². The van der Waals surface area contributed by atoms with Gasteiger partial charge in [0.15, 0.2) is 5.82 Å². The van der Waals surface area contributed by atoms with E-state index in [1.54, 1.807) is 17.3 Å². The van der Waals surface area contributed by atoms with Gasteiger partial charge < -0.3 is 19.1 Å². The first-order valence-corrected chi connectivity index (χ1v) is 8.66. The summed E-state index contributed by atoms with van der Waals surface area (Å²) in [6, 6.07) is 1.26. The first kappa shape index (κ1) is 18.6. The minimum Gasteiger partial charge on any atom is -0.471 e. The zero-order valence-corrected chi connectivity index (χ0v) is 15.3. The highest BCUT2D eigenvalue weighted by atomic mass is 16.5. The van der Waals surface area contributed by atoms with Crippen LogP contribution in [0.15, 0.2) is 34.2 Å². The van der Waals surface area contributed by atoms with Crippen molar-refractivity contribution in [2.24, 2.45) is 0 Å². The standard InChI is InChI=1S/C17H22N6O4/c1-21(2)13-9-18-10-15(19-13)27-12-3-6-23(11-12)16(25)5-8-22-7-4-14(24)20-17(22)26/h4,7,9-10,12H,3,5-6,8,11H2,1-2H3,(H,20,24,26). The van der Waals surface area contributed by atoms with Crippen molar-refractivity contribution in [2.75, 3.05) is 32.1 Å². The van der Waals surface area contributed by atoms with Crippen molar-refractivity contribution in [1.82, 2.24) is 24.4 Å². The number of nitrogens with one attached hydrogen (secondary N) is 1. The number of carbonyl (C=O) groups is 1. The molecule has 1 aliphatic rings. The molecule has 1 unspecified atom stereocenters. The molecule has 0 aliphatic carbocycles. The topological polar surface area (TPSA) is 113 Å². The first-order valence-electron chi connectivity index (χ1n) is 8.66. The van der Waals surface area contributed by atoms with E-state index in [1.807, 2.05) is 19.0 Å². The fourth-order valence-electron chi connectivity index (χ4n) is 2.83. The van der Waals surface area contributed by atoms with Crippen LogP contribution in [-0.2, 0) is 11.3 Å². The van der Waals surface area contributed by atoms with Crippen LogP contribution >= 0.6 is 0 Å². The van der Waals surface area contributed by atoms with Crippen LogP contribution < -0.4 is 20.9 Å². The minimum atomic E-state index is -0.516. The molecule has 1 fully saturated rings. The summed E-state index contributed by atoms with van der Waals surface area (Å²) in [6.07, 6.45) is 5.33. The van der Waals surface area contributed by atoms with E-state index >= 15 is 0 Å². The third kappa shape index (κ3) is 4.72. The molecular formula is C17H22N6O4. The summed E-state index contributed by atoms with van der Waals surface area (Å²) in [4.78, 5) is 49.3. The maximum Gasteiger partial charge on any atom is 0.328 e. The molecule has 0 radical (unpaired) electrons. The first-order chi connectivity index (χ1) is 12.9. The van der Waals surface area contributed by atoms with Gasteiger partial charge in [0, 0.05) is 52.3 Å². The van der Waals surface area contributed by atoms with Crippen LogP contribution in [0.3, 0.4) is 0 Å². The highest BCUT2D eigenvalue weighted by molar-refractivity contribution is 5.76. The Morgan fingerprint density at radius 2 is 2.19 bits per heavy atom. The Balaban J connectivity index is 1.52. The van der Waals surface area contributed by atoms with Gasteiger partial charge in [0.2, 0.25) is 11.8 Å². The average Bonchev–Trinajstić information content (AvgIpc) is 3.09. The van der Waals surface area contributed by atoms with E-state index < -0.39 is 11.2 Å². The number of aromatic amines is 1. The quantitative estimate of drug-likeness (QED) is 0.722. The van der Waals surface area contributed by atoms with Gasteiger partial charge in [0.05, 0.1) is 18.9 Å². The number of H-pyrrole nitrogens is 1. The highest BCUT2D eigenvalue weighted by Gasteiger charge is 2.27. The van der Waals surface area contributed by atoms with E-state index in [-0.39, 0.29) is 25.0 Å². The van der Waals surface area contributed by atoms with Gasteiger partial charge in [-0.2, -0.15) is 4.98 Å². The molecule has 3 rings (SSSR count). The SMILES string of the molecule is CN(C)c1cncc(OC2CCN(C(=O)CCn3ccc(=O)[nH]c3=O)C2)n1. The molecule has 10 heteroatoms. The predicted octanol–water partition coefficient (Wildman–Crippen LogP) is -0.537.